The molecule has 1 aliphatic carbocycles. The maximum Gasteiger partial charge on any atom is 0.251 e. The highest BCUT2D eigenvalue weighted by Gasteiger charge is 2.41. The molecular formula is C13H15BrClNO. The van der Waals surface area contributed by atoms with Gasteiger partial charge in [-0.1, -0.05) is 22.0 Å². The van der Waals surface area contributed by atoms with Crippen molar-refractivity contribution in [2.24, 2.45) is 5.41 Å². The molecule has 0 saturated heterocycles. The Kier molecular flexibility index (Phi) is 3.79. The molecule has 0 bridgehead atoms. The number of hydrogen-bond donors (Lipinski definition) is 1. The summed E-state index contributed by atoms with van der Waals surface area (Å²) in [6, 6.07) is 5.63. The van der Waals surface area contributed by atoms with Crippen molar-refractivity contribution in [3.63, 3.8) is 0 Å². The highest BCUT2D eigenvalue weighted by Crippen LogP contribution is 2.45. The van der Waals surface area contributed by atoms with E-state index in [-0.39, 0.29) is 11.3 Å². The topological polar surface area (TPSA) is 29.1 Å². The van der Waals surface area contributed by atoms with E-state index in [1.807, 2.05) is 25.1 Å². The van der Waals surface area contributed by atoms with Crippen LogP contribution in [0.2, 0.25) is 0 Å². The minimum absolute atomic E-state index is 0.0258. The van der Waals surface area contributed by atoms with E-state index in [4.69, 9.17) is 11.6 Å². The molecule has 1 saturated carbocycles. The van der Waals surface area contributed by atoms with Gasteiger partial charge in [-0.05, 0) is 37.5 Å². The van der Waals surface area contributed by atoms with Crippen LogP contribution in [-0.2, 0) is 0 Å². The molecule has 0 aromatic heterocycles. The monoisotopic (exact) mass is 315 g/mol. The summed E-state index contributed by atoms with van der Waals surface area (Å²) in [5, 5.41) is 2.96. The Morgan fingerprint density at radius 3 is 2.76 bits per heavy atom. The Labute approximate surface area is 115 Å². The first-order valence-corrected chi connectivity index (χ1v) is 6.99. The molecule has 0 aliphatic heterocycles. The predicted octanol–water partition coefficient (Wildman–Crippen LogP) is 3.51. The van der Waals surface area contributed by atoms with Crippen LogP contribution in [0.15, 0.2) is 22.7 Å². The maximum atomic E-state index is 11.9. The van der Waals surface area contributed by atoms with Gasteiger partial charge >= 0.3 is 0 Å². The first-order chi connectivity index (χ1) is 8.06. The van der Waals surface area contributed by atoms with Gasteiger partial charge in [0.1, 0.15) is 0 Å². The van der Waals surface area contributed by atoms with Crippen LogP contribution in [0, 0.1) is 12.3 Å². The number of halogens is 2. The van der Waals surface area contributed by atoms with Gasteiger partial charge in [-0.25, -0.2) is 0 Å². The Balaban J connectivity index is 1.97. The van der Waals surface area contributed by atoms with Crippen LogP contribution in [-0.4, -0.2) is 18.3 Å². The smallest absolute Gasteiger partial charge is 0.251 e. The van der Waals surface area contributed by atoms with E-state index in [0.29, 0.717) is 18.0 Å². The number of rotatable bonds is 4. The van der Waals surface area contributed by atoms with Crippen molar-refractivity contribution in [1.82, 2.24) is 5.32 Å². The first kappa shape index (κ1) is 12.9. The van der Waals surface area contributed by atoms with Crippen LogP contribution >= 0.6 is 27.5 Å². The fourth-order valence-electron chi connectivity index (χ4n) is 1.64. The van der Waals surface area contributed by atoms with Crippen molar-refractivity contribution in [3.05, 3.63) is 33.8 Å². The van der Waals surface area contributed by atoms with Gasteiger partial charge in [0, 0.05) is 27.9 Å². The number of hydrogen-bond acceptors (Lipinski definition) is 1. The molecule has 92 valence electrons. The van der Waals surface area contributed by atoms with Gasteiger partial charge in [0.25, 0.3) is 5.91 Å². The third-order valence-corrected chi connectivity index (χ3v) is 4.72. The molecule has 17 heavy (non-hydrogen) atoms. The zero-order valence-corrected chi connectivity index (χ0v) is 12.1. The van der Waals surface area contributed by atoms with Gasteiger partial charge in [-0.3, -0.25) is 4.79 Å². The van der Waals surface area contributed by atoms with E-state index in [2.05, 4.69) is 21.2 Å². The fraction of sp³-hybridized carbons (Fsp3) is 0.462. The van der Waals surface area contributed by atoms with E-state index in [1.165, 1.54) is 0 Å². The second-order valence-corrected chi connectivity index (χ2v) is 5.90. The molecule has 0 heterocycles. The van der Waals surface area contributed by atoms with Crippen molar-refractivity contribution < 1.29 is 4.79 Å². The van der Waals surface area contributed by atoms with Crippen molar-refractivity contribution in [3.8, 4) is 0 Å². The number of amides is 1. The minimum atomic E-state index is -0.0258. The summed E-state index contributed by atoms with van der Waals surface area (Å²) in [6.45, 7) is 2.68. The quantitative estimate of drug-likeness (QED) is 0.846. The lowest BCUT2D eigenvalue weighted by Crippen LogP contribution is -2.31. The largest absolute Gasteiger partial charge is 0.351 e. The molecule has 2 rings (SSSR count). The number of carbonyl (C=O) groups excluding carboxylic acids is 1. The van der Waals surface area contributed by atoms with Gasteiger partial charge in [0.05, 0.1) is 0 Å². The minimum Gasteiger partial charge on any atom is -0.351 e. The lowest BCUT2D eigenvalue weighted by Gasteiger charge is -2.12. The summed E-state index contributed by atoms with van der Waals surface area (Å²) >= 11 is 9.30. The van der Waals surface area contributed by atoms with E-state index in [0.717, 1.165) is 22.9 Å². The van der Waals surface area contributed by atoms with E-state index in [9.17, 15) is 4.79 Å². The normalized spacial score (nSPS) is 16.6. The standard InChI is InChI=1S/C13H15BrClNO/c1-9-2-3-10(6-11(9)14)12(17)16-8-13(7-15)4-5-13/h2-3,6H,4-5,7-8H2,1H3,(H,16,17). The lowest BCUT2D eigenvalue weighted by atomic mass is 10.1. The van der Waals surface area contributed by atoms with Crippen LogP contribution in [0.4, 0.5) is 0 Å². The summed E-state index contributed by atoms with van der Waals surface area (Å²) in [6.07, 6.45) is 2.24. The third-order valence-electron chi connectivity index (χ3n) is 3.30. The van der Waals surface area contributed by atoms with Gasteiger partial charge in [0.2, 0.25) is 0 Å². The molecule has 4 heteroatoms. The molecule has 2 nitrogen and oxygen atoms in total. The van der Waals surface area contributed by atoms with Gasteiger partial charge < -0.3 is 5.32 Å². The van der Waals surface area contributed by atoms with Crippen molar-refractivity contribution in [1.29, 1.82) is 0 Å². The van der Waals surface area contributed by atoms with E-state index in [1.54, 1.807) is 0 Å². The van der Waals surface area contributed by atoms with Crippen LogP contribution in [0.1, 0.15) is 28.8 Å². The second kappa shape index (κ2) is 4.99. The van der Waals surface area contributed by atoms with Gasteiger partial charge in [-0.15, -0.1) is 11.6 Å². The van der Waals surface area contributed by atoms with Crippen molar-refractivity contribution in [2.75, 3.05) is 12.4 Å². The summed E-state index contributed by atoms with van der Waals surface area (Å²) in [7, 11) is 0. The van der Waals surface area contributed by atoms with E-state index >= 15 is 0 Å². The van der Waals surface area contributed by atoms with Crippen LogP contribution in [0.5, 0.6) is 0 Å². The van der Waals surface area contributed by atoms with Crippen LogP contribution in [0.3, 0.4) is 0 Å². The molecule has 1 aromatic carbocycles. The zero-order chi connectivity index (χ0) is 12.5. The Morgan fingerprint density at radius 1 is 1.53 bits per heavy atom. The highest BCUT2D eigenvalue weighted by molar-refractivity contribution is 9.10. The third kappa shape index (κ3) is 3.02. The summed E-state index contributed by atoms with van der Waals surface area (Å²) in [4.78, 5) is 11.9. The zero-order valence-electron chi connectivity index (χ0n) is 9.72. The average Bonchev–Trinajstić information content (AvgIpc) is 3.10. The maximum absolute atomic E-state index is 11.9. The lowest BCUT2D eigenvalue weighted by molar-refractivity contribution is 0.0946. The molecule has 0 atom stereocenters. The summed E-state index contributed by atoms with van der Waals surface area (Å²) in [5.41, 5.74) is 1.98. The summed E-state index contributed by atoms with van der Waals surface area (Å²) in [5.74, 6) is 0.604. The molecule has 0 unspecified atom stereocenters. The predicted molar refractivity (Wildman–Crippen MR) is 73.6 cm³/mol. The number of nitrogens with one attached hydrogen (secondary N) is 1. The molecule has 1 aliphatic rings. The van der Waals surface area contributed by atoms with E-state index < -0.39 is 0 Å². The number of aryl methyl sites for hydroxylation is 1. The Morgan fingerprint density at radius 2 is 2.24 bits per heavy atom. The average molecular weight is 317 g/mol. The van der Waals surface area contributed by atoms with Crippen molar-refractivity contribution in [2.45, 2.75) is 19.8 Å². The molecule has 1 fully saturated rings. The van der Waals surface area contributed by atoms with Gasteiger partial charge in [0.15, 0.2) is 0 Å². The van der Waals surface area contributed by atoms with Crippen molar-refractivity contribution >= 4 is 33.4 Å². The Bertz CT molecular complexity index is 443. The SMILES string of the molecule is Cc1ccc(C(=O)NCC2(CCl)CC2)cc1Br. The second-order valence-electron chi connectivity index (χ2n) is 4.78. The van der Waals surface area contributed by atoms with Crippen LogP contribution < -0.4 is 5.32 Å². The molecule has 0 spiro atoms. The molecule has 1 N–H and O–H groups in total. The number of benzene rings is 1. The number of carbonyl (C=O) groups is 1. The molecule has 1 amide bonds. The Hall–Kier alpha value is -0.540. The molecular weight excluding hydrogens is 302 g/mol. The van der Waals surface area contributed by atoms with Crippen LogP contribution in [0.25, 0.3) is 0 Å². The highest BCUT2D eigenvalue weighted by atomic mass is 79.9. The first-order valence-electron chi connectivity index (χ1n) is 5.67. The number of alkyl halides is 1. The summed E-state index contributed by atoms with van der Waals surface area (Å²) < 4.78 is 0.962. The fourth-order valence-corrected chi connectivity index (χ4v) is 2.38. The molecule has 0 radical (unpaired) electrons. The molecule has 1 aromatic rings. The van der Waals surface area contributed by atoms with Gasteiger partial charge in [-0.2, -0.15) is 0 Å².